The van der Waals surface area contributed by atoms with Gasteiger partial charge in [0.05, 0.1) is 19.1 Å². The van der Waals surface area contributed by atoms with Gasteiger partial charge in [-0.2, -0.15) is 0 Å². The van der Waals surface area contributed by atoms with Crippen LogP contribution < -0.4 is 4.74 Å². The highest BCUT2D eigenvalue weighted by molar-refractivity contribution is 7.80. The van der Waals surface area contributed by atoms with Gasteiger partial charge >= 0.3 is 0 Å². The van der Waals surface area contributed by atoms with E-state index in [1.807, 2.05) is 13.0 Å². The van der Waals surface area contributed by atoms with Crippen LogP contribution in [0.4, 0.5) is 0 Å². The molecule has 0 N–H and O–H groups in total. The summed E-state index contributed by atoms with van der Waals surface area (Å²) in [7, 11) is 3.02. The molecule has 114 valence electrons. The number of aryl methyl sites for hydroxylation is 3. The number of methoxy groups -OCH3 is 1. The second-order valence-corrected chi connectivity index (χ2v) is 5.86. The molecule has 2 rings (SSSR count). The van der Waals surface area contributed by atoms with Gasteiger partial charge in [-0.05, 0) is 55.7 Å². The minimum Gasteiger partial charge on any atom is -0.497 e. The van der Waals surface area contributed by atoms with E-state index in [1.54, 1.807) is 19.2 Å². The molecule has 0 aromatic heterocycles. The highest BCUT2D eigenvalue weighted by Gasteiger charge is 2.06. The minimum absolute atomic E-state index is 0.684. The van der Waals surface area contributed by atoms with Crippen molar-refractivity contribution in [1.29, 1.82) is 0 Å². The lowest BCUT2D eigenvalue weighted by atomic mass is 10.1. The van der Waals surface area contributed by atoms with E-state index in [2.05, 4.69) is 38.1 Å². The Balaban J connectivity index is 0.000000235. The van der Waals surface area contributed by atoms with Crippen LogP contribution in [0.15, 0.2) is 47.4 Å². The summed E-state index contributed by atoms with van der Waals surface area (Å²) in [6, 6.07) is 13.7. The van der Waals surface area contributed by atoms with E-state index in [-0.39, 0.29) is 0 Å². The normalized spacial score (nSPS) is 11.3. The first kappa shape index (κ1) is 17.4. The lowest BCUT2D eigenvalue weighted by Crippen LogP contribution is -1.96. The number of rotatable bonds is 3. The zero-order chi connectivity index (χ0) is 15.8. The van der Waals surface area contributed by atoms with E-state index in [9.17, 15) is 4.21 Å². The van der Waals surface area contributed by atoms with Crippen LogP contribution in [0.2, 0.25) is 0 Å². The molecule has 3 nitrogen and oxygen atoms in total. The van der Waals surface area contributed by atoms with Crippen molar-refractivity contribution in [2.75, 3.05) is 14.2 Å². The van der Waals surface area contributed by atoms with E-state index < -0.39 is 11.1 Å². The Morgan fingerprint density at radius 2 is 1.43 bits per heavy atom. The van der Waals surface area contributed by atoms with E-state index >= 15 is 0 Å². The van der Waals surface area contributed by atoms with Crippen molar-refractivity contribution in [2.24, 2.45) is 0 Å². The van der Waals surface area contributed by atoms with Gasteiger partial charge in [-0.25, -0.2) is 4.21 Å². The fraction of sp³-hybridized carbons (Fsp3) is 0.294. The Morgan fingerprint density at radius 1 is 0.857 bits per heavy atom. The van der Waals surface area contributed by atoms with Crippen molar-refractivity contribution >= 4 is 11.1 Å². The summed E-state index contributed by atoms with van der Waals surface area (Å²) in [6.07, 6.45) is 0. The third-order valence-electron chi connectivity index (χ3n) is 3.14. The Bertz CT molecular complexity index is 588. The quantitative estimate of drug-likeness (QED) is 0.860. The largest absolute Gasteiger partial charge is 0.497 e. The Kier molecular flexibility index (Phi) is 7.12. The zero-order valence-electron chi connectivity index (χ0n) is 13.2. The topological polar surface area (TPSA) is 35.5 Å². The second-order valence-electron chi connectivity index (χ2n) is 4.62. The molecular formula is C17H22O3S. The highest BCUT2D eigenvalue weighted by atomic mass is 32.2. The Hall–Kier alpha value is -1.65. The minimum atomic E-state index is -1.37. The van der Waals surface area contributed by atoms with Crippen LogP contribution in [0.5, 0.6) is 5.75 Å². The molecule has 0 spiro atoms. The van der Waals surface area contributed by atoms with Gasteiger partial charge in [0.1, 0.15) is 5.75 Å². The molecule has 0 saturated heterocycles. The molecule has 2 aromatic rings. The summed E-state index contributed by atoms with van der Waals surface area (Å²) in [5, 5.41) is 0. The number of hydrogen-bond donors (Lipinski definition) is 0. The maximum atomic E-state index is 11.3. The standard InChI is InChI=1S/C9H12O3S.C8H10/c1-7-6-8(11-2)4-5-9(7)13(10)12-3;1-7-5-3-4-6-8(7)2/h4-6H,1-3H3;3-6H,1-2H3. The molecule has 0 heterocycles. The third-order valence-corrected chi connectivity index (χ3v) is 4.26. The first-order valence-corrected chi connectivity index (χ1v) is 7.70. The van der Waals surface area contributed by atoms with E-state index in [1.165, 1.54) is 18.2 Å². The lowest BCUT2D eigenvalue weighted by molar-refractivity contribution is 0.413. The first-order valence-electron chi connectivity index (χ1n) is 6.62. The van der Waals surface area contributed by atoms with Crippen LogP contribution in [-0.4, -0.2) is 18.4 Å². The van der Waals surface area contributed by atoms with Gasteiger partial charge in [0.2, 0.25) is 0 Å². The molecule has 0 amide bonds. The molecule has 0 bridgehead atoms. The van der Waals surface area contributed by atoms with Crippen LogP contribution in [0.25, 0.3) is 0 Å². The van der Waals surface area contributed by atoms with Crippen molar-refractivity contribution in [1.82, 2.24) is 0 Å². The number of hydrogen-bond acceptors (Lipinski definition) is 3. The number of ether oxygens (including phenoxy) is 1. The SMILES string of the molecule is COc1ccc(S(=O)OC)c(C)c1.Cc1ccccc1C. The Morgan fingerprint density at radius 3 is 1.81 bits per heavy atom. The van der Waals surface area contributed by atoms with Crippen LogP contribution >= 0.6 is 0 Å². The average molecular weight is 306 g/mol. The van der Waals surface area contributed by atoms with Gasteiger partial charge in [0, 0.05) is 0 Å². The average Bonchev–Trinajstić information content (AvgIpc) is 2.50. The van der Waals surface area contributed by atoms with E-state index in [0.29, 0.717) is 4.90 Å². The van der Waals surface area contributed by atoms with Gasteiger partial charge in [0.25, 0.3) is 0 Å². The second kappa shape index (κ2) is 8.60. The fourth-order valence-corrected chi connectivity index (χ4v) is 2.37. The van der Waals surface area contributed by atoms with Crippen molar-refractivity contribution in [3.05, 3.63) is 59.2 Å². The summed E-state index contributed by atoms with van der Waals surface area (Å²) < 4.78 is 21.0. The summed E-state index contributed by atoms with van der Waals surface area (Å²) in [5.74, 6) is 0.759. The predicted octanol–water partition coefficient (Wildman–Crippen LogP) is 3.98. The summed E-state index contributed by atoms with van der Waals surface area (Å²) >= 11 is -1.37. The molecule has 0 saturated carbocycles. The summed E-state index contributed by atoms with van der Waals surface area (Å²) in [4.78, 5) is 0.684. The van der Waals surface area contributed by atoms with Crippen LogP contribution in [0.1, 0.15) is 16.7 Å². The van der Waals surface area contributed by atoms with Gasteiger partial charge in [-0.15, -0.1) is 0 Å². The van der Waals surface area contributed by atoms with Gasteiger partial charge in [0.15, 0.2) is 11.1 Å². The smallest absolute Gasteiger partial charge is 0.189 e. The van der Waals surface area contributed by atoms with Gasteiger partial charge < -0.3 is 4.74 Å². The van der Waals surface area contributed by atoms with E-state index in [0.717, 1.165) is 11.3 Å². The molecule has 4 heteroatoms. The van der Waals surface area contributed by atoms with Crippen molar-refractivity contribution < 1.29 is 13.1 Å². The highest BCUT2D eigenvalue weighted by Crippen LogP contribution is 2.19. The van der Waals surface area contributed by atoms with Crippen molar-refractivity contribution in [3.63, 3.8) is 0 Å². The summed E-state index contributed by atoms with van der Waals surface area (Å²) in [5.41, 5.74) is 3.64. The third kappa shape index (κ3) is 5.33. The maximum absolute atomic E-state index is 11.3. The predicted molar refractivity (Wildman–Crippen MR) is 87.1 cm³/mol. The number of benzene rings is 2. The molecule has 2 aromatic carbocycles. The summed E-state index contributed by atoms with van der Waals surface area (Å²) in [6.45, 7) is 6.11. The molecule has 0 fully saturated rings. The molecule has 1 unspecified atom stereocenters. The monoisotopic (exact) mass is 306 g/mol. The van der Waals surface area contributed by atoms with Crippen LogP contribution in [0.3, 0.4) is 0 Å². The van der Waals surface area contributed by atoms with Crippen LogP contribution in [-0.2, 0) is 15.3 Å². The zero-order valence-corrected chi connectivity index (χ0v) is 14.0. The molecule has 0 aliphatic carbocycles. The lowest BCUT2D eigenvalue weighted by Gasteiger charge is -2.05. The van der Waals surface area contributed by atoms with E-state index in [4.69, 9.17) is 8.92 Å². The molecule has 0 aliphatic heterocycles. The van der Waals surface area contributed by atoms with Crippen LogP contribution in [0, 0.1) is 20.8 Å². The van der Waals surface area contributed by atoms with Gasteiger partial charge in [-0.3, -0.25) is 4.18 Å². The Labute approximate surface area is 129 Å². The molecule has 0 aliphatic rings. The van der Waals surface area contributed by atoms with Crippen molar-refractivity contribution in [3.8, 4) is 5.75 Å². The first-order chi connectivity index (χ1) is 9.99. The maximum Gasteiger partial charge on any atom is 0.189 e. The molecule has 0 radical (unpaired) electrons. The molecule has 21 heavy (non-hydrogen) atoms. The van der Waals surface area contributed by atoms with Crippen molar-refractivity contribution in [2.45, 2.75) is 25.7 Å². The molecular weight excluding hydrogens is 284 g/mol. The fourth-order valence-electron chi connectivity index (χ4n) is 1.69. The molecule has 1 atom stereocenters. The van der Waals surface area contributed by atoms with Gasteiger partial charge in [-0.1, -0.05) is 24.3 Å².